The van der Waals surface area contributed by atoms with E-state index in [2.05, 4.69) is 5.32 Å². The van der Waals surface area contributed by atoms with Crippen LogP contribution >= 0.6 is 0 Å². The molecule has 2 aliphatic heterocycles. The van der Waals surface area contributed by atoms with Crippen molar-refractivity contribution in [1.82, 2.24) is 14.5 Å². The second-order valence-corrected chi connectivity index (χ2v) is 8.03. The minimum absolute atomic E-state index is 0.126. The number of rotatable bonds is 4. The number of hydrogen-bond acceptors (Lipinski definition) is 4. The average molecular weight is 337 g/mol. The number of piperazine rings is 1. The number of hydrogen-bond donors (Lipinski definition) is 1. The predicted octanol–water partition coefficient (Wildman–Crippen LogP) is 0.662. The molecule has 2 aliphatic rings. The lowest BCUT2D eigenvalue weighted by molar-refractivity contribution is -0.132. The molecule has 0 aliphatic carbocycles. The summed E-state index contributed by atoms with van der Waals surface area (Å²) in [5, 5.41) is 3.33. The van der Waals surface area contributed by atoms with E-state index in [0.717, 1.165) is 19.4 Å². The van der Waals surface area contributed by atoms with Gasteiger partial charge in [0, 0.05) is 38.6 Å². The Morgan fingerprint density at radius 3 is 2.43 bits per heavy atom. The Morgan fingerprint density at radius 2 is 1.83 bits per heavy atom. The summed E-state index contributed by atoms with van der Waals surface area (Å²) >= 11 is 0. The Kier molecular flexibility index (Phi) is 4.99. The molecule has 6 nitrogen and oxygen atoms in total. The summed E-state index contributed by atoms with van der Waals surface area (Å²) in [5.41, 5.74) is 0. The molecule has 126 valence electrons. The van der Waals surface area contributed by atoms with E-state index in [1.54, 1.807) is 35.2 Å². The lowest BCUT2D eigenvalue weighted by Crippen LogP contribution is -2.51. The summed E-state index contributed by atoms with van der Waals surface area (Å²) in [4.78, 5) is 14.4. The number of benzene rings is 1. The molecule has 1 atom stereocenters. The second kappa shape index (κ2) is 6.98. The molecule has 2 saturated heterocycles. The van der Waals surface area contributed by atoms with Gasteiger partial charge in [0.15, 0.2) is 0 Å². The third kappa shape index (κ3) is 3.73. The Morgan fingerprint density at radius 1 is 1.13 bits per heavy atom. The highest BCUT2D eigenvalue weighted by molar-refractivity contribution is 7.89. The highest BCUT2D eigenvalue weighted by Crippen LogP contribution is 2.18. The SMILES string of the molecule is O=C(CC1CCCN1)N1CCN(S(=O)(=O)c2ccccc2)CC1. The fourth-order valence-electron chi connectivity index (χ4n) is 3.19. The van der Waals surface area contributed by atoms with Crippen molar-refractivity contribution in [3.05, 3.63) is 30.3 Å². The van der Waals surface area contributed by atoms with Crippen LogP contribution in [0, 0.1) is 0 Å². The van der Waals surface area contributed by atoms with Crippen LogP contribution in [0.4, 0.5) is 0 Å². The predicted molar refractivity (Wildman–Crippen MR) is 87.4 cm³/mol. The van der Waals surface area contributed by atoms with Gasteiger partial charge in [-0.25, -0.2) is 8.42 Å². The van der Waals surface area contributed by atoms with Gasteiger partial charge < -0.3 is 10.2 Å². The van der Waals surface area contributed by atoms with E-state index < -0.39 is 10.0 Å². The topological polar surface area (TPSA) is 69.7 Å². The van der Waals surface area contributed by atoms with Gasteiger partial charge in [0.25, 0.3) is 0 Å². The van der Waals surface area contributed by atoms with Crippen LogP contribution in [-0.2, 0) is 14.8 Å². The minimum Gasteiger partial charge on any atom is -0.340 e. The van der Waals surface area contributed by atoms with Crippen molar-refractivity contribution in [2.75, 3.05) is 32.7 Å². The standard InChI is InChI=1S/C16H23N3O3S/c20-16(13-14-5-4-8-17-14)18-9-11-19(12-10-18)23(21,22)15-6-2-1-3-7-15/h1-3,6-7,14,17H,4-5,8-13H2. The fraction of sp³-hybridized carbons (Fsp3) is 0.562. The molecule has 0 bridgehead atoms. The van der Waals surface area contributed by atoms with Gasteiger partial charge in [-0.15, -0.1) is 0 Å². The first kappa shape index (κ1) is 16.4. The van der Waals surface area contributed by atoms with Gasteiger partial charge >= 0.3 is 0 Å². The van der Waals surface area contributed by atoms with Crippen molar-refractivity contribution < 1.29 is 13.2 Å². The molecule has 23 heavy (non-hydrogen) atoms. The molecular weight excluding hydrogens is 314 g/mol. The smallest absolute Gasteiger partial charge is 0.243 e. The summed E-state index contributed by atoms with van der Waals surface area (Å²) in [6, 6.07) is 8.75. The maximum atomic E-state index is 12.6. The van der Waals surface area contributed by atoms with Gasteiger partial charge in [-0.05, 0) is 31.5 Å². The van der Waals surface area contributed by atoms with Crippen molar-refractivity contribution in [3.63, 3.8) is 0 Å². The normalized spacial score (nSPS) is 23.1. The monoisotopic (exact) mass is 337 g/mol. The van der Waals surface area contributed by atoms with Crippen LogP contribution in [0.5, 0.6) is 0 Å². The van der Waals surface area contributed by atoms with Gasteiger partial charge in [-0.3, -0.25) is 4.79 Å². The highest BCUT2D eigenvalue weighted by atomic mass is 32.2. The lowest BCUT2D eigenvalue weighted by atomic mass is 10.1. The Balaban J connectivity index is 1.56. The van der Waals surface area contributed by atoms with Crippen LogP contribution in [0.2, 0.25) is 0 Å². The Labute approximate surface area is 137 Å². The van der Waals surface area contributed by atoms with Crippen molar-refractivity contribution in [3.8, 4) is 0 Å². The summed E-state index contributed by atoms with van der Waals surface area (Å²) in [6.45, 7) is 2.65. The number of carbonyl (C=O) groups is 1. The van der Waals surface area contributed by atoms with E-state index in [1.165, 1.54) is 4.31 Å². The Hall–Kier alpha value is -1.44. The molecule has 0 saturated carbocycles. The summed E-state index contributed by atoms with van der Waals surface area (Å²) in [6.07, 6.45) is 2.70. The van der Waals surface area contributed by atoms with Crippen molar-refractivity contribution in [1.29, 1.82) is 0 Å². The van der Waals surface area contributed by atoms with Crippen LogP contribution < -0.4 is 5.32 Å². The van der Waals surface area contributed by atoms with E-state index in [0.29, 0.717) is 37.5 Å². The summed E-state index contributed by atoms with van der Waals surface area (Å²) in [7, 11) is -3.45. The molecule has 7 heteroatoms. The third-order valence-electron chi connectivity index (χ3n) is 4.56. The molecule has 2 fully saturated rings. The van der Waals surface area contributed by atoms with Gasteiger partial charge in [-0.2, -0.15) is 4.31 Å². The molecule has 0 radical (unpaired) electrons. The van der Waals surface area contributed by atoms with E-state index in [1.807, 2.05) is 0 Å². The molecular formula is C16H23N3O3S. The van der Waals surface area contributed by atoms with E-state index >= 15 is 0 Å². The highest BCUT2D eigenvalue weighted by Gasteiger charge is 2.30. The maximum absolute atomic E-state index is 12.6. The number of amides is 1. The van der Waals surface area contributed by atoms with Crippen LogP contribution in [-0.4, -0.2) is 62.3 Å². The van der Waals surface area contributed by atoms with Gasteiger partial charge in [0.2, 0.25) is 15.9 Å². The maximum Gasteiger partial charge on any atom is 0.243 e. The fourth-order valence-corrected chi connectivity index (χ4v) is 4.63. The van der Waals surface area contributed by atoms with Crippen LogP contribution in [0.25, 0.3) is 0 Å². The first-order chi connectivity index (χ1) is 11.1. The number of nitrogens with one attached hydrogen (secondary N) is 1. The van der Waals surface area contributed by atoms with Crippen molar-refractivity contribution in [2.24, 2.45) is 0 Å². The largest absolute Gasteiger partial charge is 0.340 e. The van der Waals surface area contributed by atoms with E-state index in [-0.39, 0.29) is 11.9 Å². The summed E-state index contributed by atoms with van der Waals surface area (Å²) in [5.74, 6) is 0.126. The molecule has 1 unspecified atom stereocenters. The average Bonchev–Trinajstić information content (AvgIpc) is 3.09. The zero-order valence-corrected chi connectivity index (χ0v) is 14.0. The Bertz CT molecular complexity index is 634. The zero-order valence-electron chi connectivity index (χ0n) is 13.1. The number of nitrogens with zero attached hydrogens (tertiary/aromatic N) is 2. The first-order valence-corrected chi connectivity index (χ1v) is 9.58. The first-order valence-electron chi connectivity index (χ1n) is 8.14. The minimum atomic E-state index is -3.45. The zero-order chi connectivity index (χ0) is 16.3. The molecule has 2 heterocycles. The summed E-state index contributed by atoms with van der Waals surface area (Å²) < 4.78 is 26.6. The van der Waals surface area contributed by atoms with Gasteiger partial charge in [0.05, 0.1) is 4.90 Å². The van der Waals surface area contributed by atoms with Crippen LogP contribution in [0.15, 0.2) is 35.2 Å². The van der Waals surface area contributed by atoms with Crippen molar-refractivity contribution in [2.45, 2.75) is 30.2 Å². The molecule has 1 amide bonds. The molecule has 3 rings (SSSR count). The number of carbonyl (C=O) groups excluding carboxylic acids is 1. The van der Waals surface area contributed by atoms with Crippen LogP contribution in [0.1, 0.15) is 19.3 Å². The third-order valence-corrected chi connectivity index (χ3v) is 6.47. The quantitative estimate of drug-likeness (QED) is 0.876. The van der Waals surface area contributed by atoms with Crippen molar-refractivity contribution >= 4 is 15.9 Å². The number of sulfonamides is 1. The molecule has 1 aromatic rings. The molecule has 0 spiro atoms. The molecule has 1 aromatic carbocycles. The molecule has 0 aromatic heterocycles. The lowest BCUT2D eigenvalue weighted by Gasteiger charge is -2.34. The van der Waals surface area contributed by atoms with Gasteiger partial charge in [0.1, 0.15) is 0 Å². The second-order valence-electron chi connectivity index (χ2n) is 6.10. The van der Waals surface area contributed by atoms with E-state index in [4.69, 9.17) is 0 Å². The van der Waals surface area contributed by atoms with Crippen LogP contribution in [0.3, 0.4) is 0 Å². The molecule has 1 N–H and O–H groups in total. The van der Waals surface area contributed by atoms with Gasteiger partial charge in [-0.1, -0.05) is 18.2 Å². The van der Waals surface area contributed by atoms with E-state index in [9.17, 15) is 13.2 Å².